The Morgan fingerprint density at radius 1 is 1.31 bits per heavy atom. The molecule has 84 valence electrons. The molecule has 1 N–H and O–H groups in total. The van der Waals surface area contributed by atoms with Crippen LogP contribution in [0.3, 0.4) is 0 Å². The standard InChI is InChI=1S/C11H14N4S/c1-8-11(14-6-5-13-8)9-7-16-10(15-9)3-4-12-2/h5-7,12H,3-4H2,1-2H3. The van der Waals surface area contributed by atoms with Crippen LogP contribution in [0.1, 0.15) is 10.7 Å². The van der Waals surface area contributed by atoms with Gasteiger partial charge in [0.05, 0.1) is 10.7 Å². The molecule has 16 heavy (non-hydrogen) atoms. The summed E-state index contributed by atoms with van der Waals surface area (Å²) < 4.78 is 0. The molecule has 0 unspecified atom stereocenters. The maximum atomic E-state index is 4.55. The predicted octanol–water partition coefficient (Wildman–Crippen LogP) is 1.67. The van der Waals surface area contributed by atoms with E-state index in [4.69, 9.17) is 0 Å². The molecule has 0 saturated carbocycles. The highest BCUT2D eigenvalue weighted by molar-refractivity contribution is 7.09. The van der Waals surface area contributed by atoms with Gasteiger partial charge in [0.15, 0.2) is 0 Å². The van der Waals surface area contributed by atoms with E-state index in [-0.39, 0.29) is 0 Å². The lowest BCUT2D eigenvalue weighted by Gasteiger charge is -1.98. The molecule has 0 aliphatic rings. The third kappa shape index (κ3) is 2.43. The highest BCUT2D eigenvalue weighted by Crippen LogP contribution is 2.21. The molecule has 2 heterocycles. The average Bonchev–Trinajstić information content (AvgIpc) is 2.75. The lowest BCUT2D eigenvalue weighted by Crippen LogP contribution is -2.10. The monoisotopic (exact) mass is 234 g/mol. The Hall–Kier alpha value is -1.33. The van der Waals surface area contributed by atoms with Gasteiger partial charge in [-0.1, -0.05) is 0 Å². The van der Waals surface area contributed by atoms with E-state index in [0.717, 1.165) is 35.1 Å². The number of hydrogen-bond acceptors (Lipinski definition) is 5. The molecule has 0 spiro atoms. The number of likely N-dealkylation sites (N-methyl/N-ethyl adjacent to an activating group) is 1. The van der Waals surface area contributed by atoms with Crippen LogP contribution in [0.15, 0.2) is 17.8 Å². The van der Waals surface area contributed by atoms with Gasteiger partial charge in [0.25, 0.3) is 0 Å². The molecule has 0 fully saturated rings. The van der Waals surface area contributed by atoms with Gasteiger partial charge in [-0.05, 0) is 14.0 Å². The number of nitrogens with zero attached hydrogens (tertiary/aromatic N) is 3. The van der Waals surface area contributed by atoms with Crippen molar-refractivity contribution < 1.29 is 0 Å². The Bertz CT molecular complexity index is 467. The Balaban J connectivity index is 2.22. The van der Waals surface area contributed by atoms with Crippen LogP contribution in [-0.2, 0) is 6.42 Å². The molecule has 0 aliphatic carbocycles. The topological polar surface area (TPSA) is 50.7 Å². The summed E-state index contributed by atoms with van der Waals surface area (Å²) in [5.74, 6) is 0. The number of rotatable bonds is 4. The second kappa shape index (κ2) is 5.14. The summed E-state index contributed by atoms with van der Waals surface area (Å²) in [6, 6.07) is 0. The molecule has 0 radical (unpaired) electrons. The maximum Gasteiger partial charge on any atom is 0.111 e. The second-order valence-electron chi connectivity index (χ2n) is 3.47. The molecule has 2 aromatic heterocycles. The summed E-state index contributed by atoms with van der Waals surface area (Å²) in [6.45, 7) is 2.90. The van der Waals surface area contributed by atoms with E-state index in [0.29, 0.717) is 0 Å². The van der Waals surface area contributed by atoms with Crippen molar-refractivity contribution in [3.63, 3.8) is 0 Å². The molecular formula is C11H14N4S. The Morgan fingerprint density at radius 3 is 2.88 bits per heavy atom. The summed E-state index contributed by atoms with van der Waals surface area (Å²) in [5, 5.41) is 6.29. The number of aryl methyl sites for hydroxylation is 1. The van der Waals surface area contributed by atoms with Crippen molar-refractivity contribution in [2.45, 2.75) is 13.3 Å². The molecule has 4 nitrogen and oxygen atoms in total. The first-order chi connectivity index (χ1) is 7.81. The summed E-state index contributed by atoms with van der Waals surface area (Å²) in [6.07, 6.45) is 4.36. The van der Waals surface area contributed by atoms with E-state index < -0.39 is 0 Å². The van der Waals surface area contributed by atoms with Crippen LogP contribution < -0.4 is 5.32 Å². The van der Waals surface area contributed by atoms with Crippen LogP contribution in [0.5, 0.6) is 0 Å². The van der Waals surface area contributed by atoms with E-state index in [1.165, 1.54) is 0 Å². The normalized spacial score (nSPS) is 10.6. The fourth-order valence-corrected chi connectivity index (χ4v) is 2.21. The van der Waals surface area contributed by atoms with Gasteiger partial charge in [-0.3, -0.25) is 9.97 Å². The van der Waals surface area contributed by atoms with Crippen molar-refractivity contribution in [3.8, 4) is 11.4 Å². The minimum absolute atomic E-state index is 0.884. The number of nitrogens with one attached hydrogen (secondary N) is 1. The Morgan fingerprint density at radius 2 is 2.12 bits per heavy atom. The van der Waals surface area contributed by atoms with Crippen molar-refractivity contribution in [3.05, 3.63) is 28.5 Å². The van der Waals surface area contributed by atoms with Crippen LogP contribution in [0.2, 0.25) is 0 Å². The van der Waals surface area contributed by atoms with Gasteiger partial charge < -0.3 is 5.32 Å². The molecule has 2 rings (SSSR count). The molecule has 5 heteroatoms. The van der Waals surface area contributed by atoms with Crippen molar-refractivity contribution in [1.29, 1.82) is 0 Å². The Labute approximate surface area is 98.8 Å². The SMILES string of the molecule is CNCCc1nc(-c2nccnc2C)cs1. The number of hydrogen-bond donors (Lipinski definition) is 1. The molecular weight excluding hydrogens is 220 g/mol. The zero-order valence-electron chi connectivity index (χ0n) is 9.40. The number of aromatic nitrogens is 3. The fraction of sp³-hybridized carbons (Fsp3) is 0.364. The lowest BCUT2D eigenvalue weighted by molar-refractivity contribution is 0.788. The van der Waals surface area contributed by atoms with E-state index in [1.54, 1.807) is 23.7 Å². The first-order valence-electron chi connectivity index (χ1n) is 5.18. The number of thiazole rings is 1. The van der Waals surface area contributed by atoms with Crippen molar-refractivity contribution in [2.75, 3.05) is 13.6 Å². The fourth-order valence-electron chi connectivity index (χ4n) is 1.43. The summed E-state index contributed by atoms with van der Waals surface area (Å²) >= 11 is 1.67. The molecule has 0 bridgehead atoms. The van der Waals surface area contributed by atoms with Crippen LogP contribution in [0, 0.1) is 6.92 Å². The molecule has 0 atom stereocenters. The predicted molar refractivity (Wildman–Crippen MR) is 65.5 cm³/mol. The first kappa shape index (κ1) is 11.2. The summed E-state index contributed by atoms with van der Waals surface area (Å²) in [4.78, 5) is 13.1. The minimum Gasteiger partial charge on any atom is -0.319 e. The van der Waals surface area contributed by atoms with Gasteiger partial charge >= 0.3 is 0 Å². The minimum atomic E-state index is 0.884. The Kier molecular flexibility index (Phi) is 3.58. The zero-order chi connectivity index (χ0) is 11.4. The van der Waals surface area contributed by atoms with Gasteiger partial charge in [-0.15, -0.1) is 11.3 Å². The van der Waals surface area contributed by atoms with Gasteiger partial charge in [0.1, 0.15) is 11.4 Å². The van der Waals surface area contributed by atoms with E-state index in [9.17, 15) is 0 Å². The smallest absolute Gasteiger partial charge is 0.111 e. The van der Waals surface area contributed by atoms with E-state index in [2.05, 4.69) is 20.3 Å². The first-order valence-corrected chi connectivity index (χ1v) is 6.06. The lowest BCUT2D eigenvalue weighted by atomic mass is 10.2. The van der Waals surface area contributed by atoms with Crippen molar-refractivity contribution >= 4 is 11.3 Å². The molecule has 0 amide bonds. The maximum absolute atomic E-state index is 4.55. The third-order valence-corrected chi connectivity index (χ3v) is 3.17. The van der Waals surface area contributed by atoms with E-state index in [1.807, 2.05) is 19.4 Å². The van der Waals surface area contributed by atoms with Gasteiger partial charge in [0, 0.05) is 30.7 Å². The summed E-state index contributed by atoms with van der Waals surface area (Å²) in [7, 11) is 1.95. The average molecular weight is 234 g/mol. The van der Waals surface area contributed by atoms with Gasteiger partial charge in [0.2, 0.25) is 0 Å². The van der Waals surface area contributed by atoms with Crippen molar-refractivity contribution in [2.24, 2.45) is 0 Å². The van der Waals surface area contributed by atoms with Crippen LogP contribution in [-0.4, -0.2) is 28.5 Å². The van der Waals surface area contributed by atoms with Gasteiger partial charge in [-0.25, -0.2) is 4.98 Å². The van der Waals surface area contributed by atoms with Crippen LogP contribution >= 0.6 is 11.3 Å². The molecule has 0 aromatic carbocycles. The van der Waals surface area contributed by atoms with Gasteiger partial charge in [-0.2, -0.15) is 0 Å². The van der Waals surface area contributed by atoms with Crippen molar-refractivity contribution in [1.82, 2.24) is 20.3 Å². The quantitative estimate of drug-likeness (QED) is 0.874. The highest BCUT2D eigenvalue weighted by Gasteiger charge is 2.08. The second-order valence-corrected chi connectivity index (χ2v) is 4.41. The third-order valence-electron chi connectivity index (χ3n) is 2.26. The van der Waals surface area contributed by atoms with E-state index >= 15 is 0 Å². The highest BCUT2D eigenvalue weighted by atomic mass is 32.1. The molecule has 0 aliphatic heterocycles. The zero-order valence-corrected chi connectivity index (χ0v) is 10.2. The largest absolute Gasteiger partial charge is 0.319 e. The molecule has 2 aromatic rings. The van der Waals surface area contributed by atoms with Crippen LogP contribution in [0.4, 0.5) is 0 Å². The summed E-state index contributed by atoms with van der Waals surface area (Å²) in [5.41, 5.74) is 2.74. The molecule has 0 saturated heterocycles. The van der Waals surface area contributed by atoms with Crippen LogP contribution in [0.25, 0.3) is 11.4 Å².